The molecule has 1 saturated heterocycles. The van der Waals surface area contributed by atoms with Crippen LogP contribution in [0, 0.1) is 11.8 Å². The second kappa shape index (κ2) is 7.46. The number of amides is 1. The Morgan fingerprint density at radius 2 is 1.84 bits per heavy atom. The maximum absolute atomic E-state index is 13.2. The van der Waals surface area contributed by atoms with Crippen LogP contribution in [0.1, 0.15) is 6.92 Å². The van der Waals surface area contributed by atoms with Crippen molar-refractivity contribution in [1.82, 2.24) is 9.88 Å². The molecule has 0 N–H and O–H groups in total. The molecule has 25 heavy (non-hydrogen) atoms. The highest BCUT2D eigenvalue weighted by molar-refractivity contribution is 5.81. The quantitative estimate of drug-likeness (QED) is 0.797. The van der Waals surface area contributed by atoms with Gasteiger partial charge >= 0.3 is 0 Å². The lowest BCUT2D eigenvalue weighted by molar-refractivity contribution is -0.138. The van der Waals surface area contributed by atoms with Crippen molar-refractivity contribution < 1.29 is 18.3 Å². The first kappa shape index (κ1) is 17.1. The smallest absolute Gasteiger partial charge is 0.263 e. The molecule has 0 bridgehead atoms. The zero-order valence-corrected chi connectivity index (χ0v) is 13.9. The van der Waals surface area contributed by atoms with Crippen molar-refractivity contribution in [3.63, 3.8) is 0 Å². The molecule has 0 saturated carbocycles. The maximum Gasteiger partial charge on any atom is 0.263 e. The van der Waals surface area contributed by atoms with Crippen molar-refractivity contribution in [2.45, 2.75) is 13.0 Å². The van der Waals surface area contributed by atoms with E-state index in [9.17, 15) is 13.6 Å². The van der Waals surface area contributed by atoms with Crippen LogP contribution in [0.2, 0.25) is 0 Å². The van der Waals surface area contributed by atoms with Gasteiger partial charge in [-0.05, 0) is 31.2 Å². The first-order valence-corrected chi connectivity index (χ1v) is 8.11. The molecule has 1 amide bonds. The SMILES string of the molecule is CC(Oc1cccc(F)c1)C(=O)N1CCN(c2cccc(F)n2)CC1. The molecule has 0 radical (unpaired) electrons. The normalized spacial score (nSPS) is 15.8. The molecule has 0 aliphatic carbocycles. The number of hydrogen-bond donors (Lipinski definition) is 0. The van der Waals surface area contributed by atoms with Gasteiger partial charge < -0.3 is 14.5 Å². The molecule has 3 rings (SSSR count). The summed E-state index contributed by atoms with van der Waals surface area (Å²) in [6, 6.07) is 10.4. The second-order valence-electron chi connectivity index (χ2n) is 5.85. The van der Waals surface area contributed by atoms with E-state index in [0.29, 0.717) is 37.7 Å². The summed E-state index contributed by atoms with van der Waals surface area (Å²) in [4.78, 5) is 20.0. The fourth-order valence-corrected chi connectivity index (χ4v) is 2.78. The van der Waals surface area contributed by atoms with Crippen molar-refractivity contribution in [3.05, 3.63) is 54.2 Å². The van der Waals surface area contributed by atoms with Gasteiger partial charge in [-0.15, -0.1) is 0 Å². The number of ether oxygens (including phenoxy) is 1. The first-order valence-electron chi connectivity index (χ1n) is 8.11. The van der Waals surface area contributed by atoms with Gasteiger partial charge in [-0.25, -0.2) is 9.37 Å². The molecule has 1 unspecified atom stereocenters. The monoisotopic (exact) mass is 347 g/mol. The fraction of sp³-hybridized carbons (Fsp3) is 0.333. The summed E-state index contributed by atoms with van der Waals surface area (Å²) in [5, 5.41) is 0. The van der Waals surface area contributed by atoms with E-state index < -0.39 is 17.9 Å². The van der Waals surface area contributed by atoms with Crippen LogP contribution in [0.5, 0.6) is 5.75 Å². The van der Waals surface area contributed by atoms with Gasteiger partial charge in [0, 0.05) is 32.2 Å². The number of rotatable bonds is 4. The lowest BCUT2D eigenvalue weighted by Gasteiger charge is -2.36. The average molecular weight is 347 g/mol. The molecule has 1 aromatic heterocycles. The Morgan fingerprint density at radius 3 is 2.52 bits per heavy atom. The Morgan fingerprint density at radius 1 is 1.12 bits per heavy atom. The Bertz CT molecular complexity index is 749. The molecule has 2 aromatic rings. The molecule has 7 heteroatoms. The molecule has 1 atom stereocenters. The standard InChI is InChI=1S/C18H19F2N3O2/c1-13(25-15-5-2-4-14(19)12-15)18(24)23-10-8-22(9-11-23)17-7-3-6-16(20)21-17/h2-7,12-13H,8-11H2,1H3. The highest BCUT2D eigenvalue weighted by Crippen LogP contribution is 2.17. The van der Waals surface area contributed by atoms with Crippen LogP contribution in [0.3, 0.4) is 0 Å². The molecule has 132 valence electrons. The third-order valence-electron chi connectivity index (χ3n) is 4.07. The van der Waals surface area contributed by atoms with Crippen molar-refractivity contribution in [2.24, 2.45) is 0 Å². The van der Waals surface area contributed by atoms with Gasteiger partial charge in [-0.1, -0.05) is 12.1 Å². The van der Waals surface area contributed by atoms with E-state index >= 15 is 0 Å². The van der Waals surface area contributed by atoms with Gasteiger partial charge in [0.25, 0.3) is 5.91 Å². The van der Waals surface area contributed by atoms with E-state index in [4.69, 9.17) is 4.74 Å². The summed E-state index contributed by atoms with van der Waals surface area (Å²) in [7, 11) is 0. The van der Waals surface area contributed by atoms with Crippen LogP contribution in [-0.2, 0) is 4.79 Å². The summed E-state index contributed by atoms with van der Waals surface area (Å²) in [6.07, 6.45) is -0.708. The van der Waals surface area contributed by atoms with E-state index in [1.807, 2.05) is 4.90 Å². The summed E-state index contributed by atoms with van der Waals surface area (Å²) >= 11 is 0. The number of halogens is 2. The van der Waals surface area contributed by atoms with Gasteiger partial charge in [0.2, 0.25) is 5.95 Å². The summed E-state index contributed by atoms with van der Waals surface area (Å²) in [6.45, 7) is 3.76. The number of piperazine rings is 1. The van der Waals surface area contributed by atoms with Crippen LogP contribution in [0.15, 0.2) is 42.5 Å². The molecule has 1 aliphatic rings. The van der Waals surface area contributed by atoms with Crippen molar-refractivity contribution in [3.8, 4) is 5.75 Å². The minimum absolute atomic E-state index is 0.156. The number of aromatic nitrogens is 1. The number of carbonyl (C=O) groups is 1. The van der Waals surface area contributed by atoms with Gasteiger partial charge in [0.05, 0.1) is 0 Å². The average Bonchev–Trinajstić information content (AvgIpc) is 2.61. The predicted octanol–water partition coefficient (Wildman–Crippen LogP) is 2.48. The first-order chi connectivity index (χ1) is 12.0. The summed E-state index contributed by atoms with van der Waals surface area (Å²) in [5.41, 5.74) is 0. The highest BCUT2D eigenvalue weighted by atomic mass is 19.1. The molecular formula is C18H19F2N3O2. The van der Waals surface area contributed by atoms with Crippen LogP contribution >= 0.6 is 0 Å². The van der Waals surface area contributed by atoms with Crippen molar-refractivity contribution in [1.29, 1.82) is 0 Å². The molecule has 1 aliphatic heterocycles. The minimum atomic E-state index is -0.708. The van der Waals surface area contributed by atoms with Gasteiger partial charge in [-0.2, -0.15) is 4.39 Å². The lowest BCUT2D eigenvalue weighted by Crippen LogP contribution is -2.52. The molecular weight excluding hydrogens is 328 g/mol. The Labute approximate surface area is 144 Å². The molecule has 5 nitrogen and oxygen atoms in total. The highest BCUT2D eigenvalue weighted by Gasteiger charge is 2.26. The van der Waals surface area contributed by atoms with E-state index in [-0.39, 0.29) is 5.91 Å². The second-order valence-corrected chi connectivity index (χ2v) is 5.85. The third-order valence-corrected chi connectivity index (χ3v) is 4.07. The Hall–Kier alpha value is -2.70. The number of benzene rings is 1. The third kappa shape index (κ3) is 4.23. The van der Waals surface area contributed by atoms with Crippen LogP contribution in [-0.4, -0.2) is 48.1 Å². The van der Waals surface area contributed by atoms with E-state index in [1.54, 1.807) is 30.0 Å². The molecule has 0 spiro atoms. The zero-order chi connectivity index (χ0) is 17.8. The summed E-state index contributed by atoms with van der Waals surface area (Å²) < 4.78 is 31.9. The van der Waals surface area contributed by atoms with E-state index in [2.05, 4.69) is 4.98 Å². The van der Waals surface area contributed by atoms with Crippen molar-refractivity contribution >= 4 is 11.7 Å². The molecule has 2 heterocycles. The van der Waals surface area contributed by atoms with Gasteiger partial charge in [0.1, 0.15) is 17.4 Å². The number of hydrogen-bond acceptors (Lipinski definition) is 4. The fourth-order valence-electron chi connectivity index (χ4n) is 2.78. The largest absolute Gasteiger partial charge is 0.481 e. The Balaban J connectivity index is 1.56. The van der Waals surface area contributed by atoms with Crippen molar-refractivity contribution in [2.75, 3.05) is 31.1 Å². The molecule has 1 fully saturated rings. The Kier molecular flexibility index (Phi) is 5.11. The number of carbonyl (C=O) groups excluding carboxylic acids is 1. The number of nitrogens with zero attached hydrogens (tertiary/aromatic N) is 3. The summed E-state index contributed by atoms with van der Waals surface area (Å²) in [5.74, 6) is -0.197. The topological polar surface area (TPSA) is 45.7 Å². The molecule has 1 aromatic carbocycles. The zero-order valence-electron chi connectivity index (χ0n) is 13.9. The van der Waals surface area contributed by atoms with Crippen LogP contribution in [0.25, 0.3) is 0 Å². The van der Waals surface area contributed by atoms with Gasteiger partial charge in [0.15, 0.2) is 6.10 Å². The number of anilines is 1. The van der Waals surface area contributed by atoms with E-state index in [0.717, 1.165) is 0 Å². The number of pyridine rings is 1. The maximum atomic E-state index is 13.2. The predicted molar refractivity (Wildman–Crippen MR) is 89.5 cm³/mol. The van der Waals surface area contributed by atoms with Crippen LogP contribution < -0.4 is 9.64 Å². The minimum Gasteiger partial charge on any atom is -0.481 e. The van der Waals surface area contributed by atoms with Crippen LogP contribution in [0.4, 0.5) is 14.6 Å². The lowest BCUT2D eigenvalue weighted by atomic mass is 10.2. The van der Waals surface area contributed by atoms with E-state index in [1.165, 1.54) is 24.3 Å². The van der Waals surface area contributed by atoms with Gasteiger partial charge in [-0.3, -0.25) is 4.79 Å².